The van der Waals surface area contributed by atoms with Crippen LogP contribution in [-0.4, -0.2) is 47.2 Å². The summed E-state index contributed by atoms with van der Waals surface area (Å²) in [5, 5.41) is 8.21. The van der Waals surface area contributed by atoms with Gasteiger partial charge in [-0.15, -0.1) is 5.10 Å². The second-order valence-corrected chi connectivity index (χ2v) is 6.05. The van der Waals surface area contributed by atoms with Crippen molar-refractivity contribution in [2.24, 2.45) is 5.92 Å². The van der Waals surface area contributed by atoms with E-state index in [0.29, 0.717) is 24.4 Å². The van der Waals surface area contributed by atoms with E-state index in [-0.39, 0.29) is 5.92 Å². The van der Waals surface area contributed by atoms with E-state index in [0.717, 1.165) is 58.2 Å². The predicted molar refractivity (Wildman–Crippen MR) is 79.0 cm³/mol. The van der Waals surface area contributed by atoms with Crippen molar-refractivity contribution in [2.45, 2.75) is 45.4 Å². The molecule has 0 N–H and O–H groups in total. The van der Waals surface area contributed by atoms with Gasteiger partial charge in [0.15, 0.2) is 0 Å². The Morgan fingerprint density at radius 2 is 2.05 bits per heavy atom. The highest BCUT2D eigenvalue weighted by Gasteiger charge is 2.32. The van der Waals surface area contributed by atoms with Gasteiger partial charge in [-0.2, -0.15) is 0 Å². The molecule has 21 heavy (non-hydrogen) atoms. The molecule has 2 saturated heterocycles. The van der Waals surface area contributed by atoms with Crippen molar-refractivity contribution in [3.63, 3.8) is 0 Å². The van der Waals surface area contributed by atoms with Crippen molar-refractivity contribution in [2.75, 3.05) is 31.1 Å². The molecule has 6 nitrogen and oxygen atoms in total. The first-order valence-electron chi connectivity index (χ1n) is 8.14. The number of hydrogen-bond acceptors (Lipinski definition) is 5. The smallest absolute Gasteiger partial charge is 0.318 e. The maximum atomic E-state index is 12.5. The number of aromatic nitrogens is 2. The van der Waals surface area contributed by atoms with Gasteiger partial charge in [-0.1, -0.05) is 12.0 Å². The van der Waals surface area contributed by atoms with E-state index in [2.05, 4.69) is 22.0 Å². The zero-order chi connectivity index (χ0) is 14.7. The minimum Gasteiger partial charge on any atom is -0.408 e. The SMILES string of the molecule is CCCc1nnc(N2CCC[C@@H](C(=O)N3CCCC3)C2)o1. The molecule has 3 rings (SSSR count). The number of likely N-dealkylation sites (tertiary alicyclic amines) is 1. The highest BCUT2D eigenvalue weighted by Crippen LogP contribution is 2.25. The molecule has 0 unspecified atom stereocenters. The van der Waals surface area contributed by atoms with Gasteiger partial charge in [0.1, 0.15) is 0 Å². The van der Waals surface area contributed by atoms with E-state index in [1.807, 2.05) is 4.90 Å². The number of anilines is 1. The Morgan fingerprint density at radius 3 is 2.81 bits per heavy atom. The van der Waals surface area contributed by atoms with Crippen LogP contribution in [0, 0.1) is 5.92 Å². The summed E-state index contributed by atoms with van der Waals surface area (Å²) < 4.78 is 5.70. The number of nitrogens with zero attached hydrogens (tertiary/aromatic N) is 4. The van der Waals surface area contributed by atoms with Gasteiger partial charge in [0, 0.05) is 32.6 Å². The highest BCUT2D eigenvalue weighted by atomic mass is 16.4. The molecular weight excluding hydrogens is 268 g/mol. The number of piperidine rings is 1. The normalized spacial score (nSPS) is 22.8. The van der Waals surface area contributed by atoms with Gasteiger partial charge in [-0.05, 0) is 32.1 Å². The number of carbonyl (C=O) groups excluding carboxylic acids is 1. The Morgan fingerprint density at radius 1 is 1.24 bits per heavy atom. The summed E-state index contributed by atoms with van der Waals surface area (Å²) >= 11 is 0. The molecule has 0 saturated carbocycles. The maximum absolute atomic E-state index is 12.5. The molecule has 0 aliphatic carbocycles. The zero-order valence-corrected chi connectivity index (χ0v) is 12.8. The van der Waals surface area contributed by atoms with E-state index in [9.17, 15) is 4.79 Å². The molecule has 2 aliphatic heterocycles. The molecule has 1 atom stereocenters. The topological polar surface area (TPSA) is 62.5 Å². The Bertz CT molecular complexity index is 482. The summed E-state index contributed by atoms with van der Waals surface area (Å²) in [5.74, 6) is 1.09. The predicted octanol–water partition coefficient (Wildman–Crippen LogP) is 1.86. The molecule has 2 aliphatic rings. The Kier molecular flexibility index (Phi) is 4.41. The van der Waals surface area contributed by atoms with Crippen molar-refractivity contribution in [3.8, 4) is 0 Å². The van der Waals surface area contributed by atoms with Crippen LogP contribution in [0.4, 0.5) is 6.01 Å². The number of rotatable bonds is 4. The molecule has 0 radical (unpaired) electrons. The van der Waals surface area contributed by atoms with Gasteiger partial charge in [-0.3, -0.25) is 4.79 Å². The molecule has 0 bridgehead atoms. The van der Waals surface area contributed by atoms with Crippen LogP contribution in [-0.2, 0) is 11.2 Å². The third-order valence-electron chi connectivity index (χ3n) is 4.38. The second kappa shape index (κ2) is 6.45. The van der Waals surface area contributed by atoms with Crippen LogP contribution in [0.3, 0.4) is 0 Å². The number of carbonyl (C=O) groups is 1. The van der Waals surface area contributed by atoms with Crippen LogP contribution >= 0.6 is 0 Å². The average Bonchev–Trinajstić information content (AvgIpc) is 3.18. The van der Waals surface area contributed by atoms with Crippen LogP contribution < -0.4 is 4.90 Å². The van der Waals surface area contributed by atoms with Crippen LogP contribution in [0.25, 0.3) is 0 Å². The molecule has 1 amide bonds. The maximum Gasteiger partial charge on any atom is 0.318 e. The fourth-order valence-electron chi connectivity index (χ4n) is 3.24. The number of aryl methyl sites for hydroxylation is 1. The third-order valence-corrected chi connectivity index (χ3v) is 4.38. The Hall–Kier alpha value is -1.59. The first kappa shape index (κ1) is 14.4. The molecule has 0 spiro atoms. The van der Waals surface area contributed by atoms with E-state index in [1.54, 1.807) is 0 Å². The lowest BCUT2D eigenvalue weighted by Crippen LogP contribution is -2.44. The fourth-order valence-corrected chi connectivity index (χ4v) is 3.24. The van der Waals surface area contributed by atoms with E-state index < -0.39 is 0 Å². The quantitative estimate of drug-likeness (QED) is 0.847. The van der Waals surface area contributed by atoms with Gasteiger partial charge in [0.25, 0.3) is 0 Å². The van der Waals surface area contributed by atoms with Gasteiger partial charge < -0.3 is 14.2 Å². The minimum absolute atomic E-state index is 0.0818. The van der Waals surface area contributed by atoms with E-state index in [4.69, 9.17) is 4.42 Å². The molecule has 116 valence electrons. The van der Waals surface area contributed by atoms with Gasteiger partial charge in [-0.25, -0.2) is 0 Å². The van der Waals surface area contributed by atoms with Crippen LogP contribution in [0.15, 0.2) is 4.42 Å². The summed E-state index contributed by atoms with van der Waals surface area (Å²) in [7, 11) is 0. The summed E-state index contributed by atoms with van der Waals surface area (Å²) in [5.41, 5.74) is 0. The minimum atomic E-state index is 0.0818. The molecule has 3 heterocycles. The van der Waals surface area contributed by atoms with Crippen LogP contribution in [0.1, 0.15) is 44.9 Å². The van der Waals surface area contributed by atoms with Crippen LogP contribution in [0.5, 0.6) is 0 Å². The summed E-state index contributed by atoms with van der Waals surface area (Å²) in [6.45, 7) is 5.56. The van der Waals surface area contributed by atoms with Crippen molar-refractivity contribution >= 4 is 11.9 Å². The van der Waals surface area contributed by atoms with Gasteiger partial charge in [0.2, 0.25) is 11.8 Å². The first-order chi connectivity index (χ1) is 10.3. The average molecular weight is 292 g/mol. The molecule has 1 aromatic heterocycles. The molecule has 6 heteroatoms. The lowest BCUT2D eigenvalue weighted by Gasteiger charge is -2.32. The summed E-state index contributed by atoms with van der Waals surface area (Å²) in [6.07, 6.45) is 6.09. The summed E-state index contributed by atoms with van der Waals surface area (Å²) in [4.78, 5) is 16.6. The largest absolute Gasteiger partial charge is 0.408 e. The van der Waals surface area contributed by atoms with Crippen molar-refractivity contribution in [3.05, 3.63) is 5.89 Å². The highest BCUT2D eigenvalue weighted by molar-refractivity contribution is 5.79. The zero-order valence-electron chi connectivity index (χ0n) is 12.8. The molecule has 2 fully saturated rings. The lowest BCUT2D eigenvalue weighted by molar-refractivity contribution is -0.134. The lowest BCUT2D eigenvalue weighted by atomic mass is 9.97. The van der Waals surface area contributed by atoms with E-state index >= 15 is 0 Å². The Labute approximate surface area is 125 Å². The van der Waals surface area contributed by atoms with Crippen molar-refractivity contribution < 1.29 is 9.21 Å². The molecule has 1 aromatic rings. The van der Waals surface area contributed by atoms with E-state index in [1.165, 1.54) is 0 Å². The molecule has 0 aromatic carbocycles. The van der Waals surface area contributed by atoms with Crippen molar-refractivity contribution in [1.82, 2.24) is 15.1 Å². The standard InChI is InChI=1S/C15H24N4O2/c1-2-6-13-16-17-15(21-13)19-10-5-7-12(11-19)14(20)18-8-3-4-9-18/h12H,2-11H2,1H3/t12-/m1/s1. The second-order valence-electron chi connectivity index (χ2n) is 6.05. The Balaban J connectivity index is 1.63. The van der Waals surface area contributed by atoms with Gasteiger partial charge in [0.05, 0.1) is 5.92 Å². The van der Waals surface area contributed by atoms with Crippen molar-refractivity contribution in [1.29, 1.82) is 0 Å². The monoisotopic (exact) mass is 292 g/mol. The van der Waals surface area contributed by atoms with Gasteiger partial charge >= 0.3 is 6.01 Å². The third kappa shape index (κ3) is 3.19. The van der Waals surface area contributed by atoms with Crippen LogP contribution in [0.2, 0.25) is 0 Å². The number of amides is 1. The molecular formula is C15H24N4O2. The number of hydrogen-bond donors (Lipinski definition) is 0. The first-order valence-corrected chi connectivity index (χ1v) is 8.14. The summed E-state index contributed by atoms with van der Waals surface area (Å²) in [6, 6.07) is 0.581. The fraction of sp³-hybridized carbons (Fsp3) is 0.800.